The van der Waals surface area contributed by atoms with Crippen LogP contribution in [-0.2, 0) is 0 Å². The van der Waals surface area contributed by atoms with Crippen molar-refractivity contribution in [3.8, 4) is 5.75 Å². The van der Waals surface area contributed by atoms with Crippen LogP contribution in [0.4, 0.5) is 4.39 Å². The molecule has 0 saturated heterocycles. The SMILES string of the molecule is OC1CC(Oc2ccc(F)cc2Cl)C12CCCC2. The molecule has 2 atom stereocenters. The van der Waals surface area contributed by atoms with Crippen LogP contribution in [0.2, 0.25) is 5.02 Å². The fourth-order valence-electron chi connectivity index (χ4n) is 3.30. The molecule has 1 aromatic carbocycles. The van der Waals surface area contributed by atoms with Gasteiger partial charge in [0.05, 0.1) is 11.1 Å². The van der Waals surface area contributed by atoms with Crippen molar-refractivity contribution in [3.63, 3.8) is 0 Å². The van der Waals surface area contributed by atoms with E-state index >= 15 is 0 Å². The molecule has 2 unspecified atom stereocenters. The van der Waals surface area contributed by atoms with E-state index in [0.717, 1.165) is 25.7 Å². The lowest BCUT2D eigenvalue weighted by Crippen LogP contribution is -2.58. The van der Waals surface area contributed by atoms with Crippen molar-refractivity contribution in [2.45, 2.75) is 44.3 Å². The summed E-state index contributed by atoms with van der Waals surface area (Å²) >= 11 is 5.96. The number of rotatable bonds is 2. The molecule has 3 rings (SSSR count). The highest BCUT2D eigenvalue weighted by atomic mass is 35.5. The molecule has 98 valence electrons. The number of ether oxygens (including phenoxy) is 1. The first kappa shape index (κ1) is 12.2. The summed E-state index contributed by atoms with van der Waals surface area (Å²) in [6.07, 6.45) is 4.72. The summed E-state index contributed by atoms with van der Waals surface area (Å²) in [6.45, 7) is 0. The maximum Gasteiger partial charge on any atom is 0.138 e. The summed E-state index contributed by atoms with van der Waals surface area (Å²) < 4.78 is 18.8. The molecular formula is C14H16ClFO2. The molecule has 2 saturated carbocycles. The van der Waals surface area contributed by atoms with E-state index in [9.17, 15) is 9.50 Å². The van der Waals surface area contributed by atoms with Gasteiger partial charge in [0.15, 0.2) is 0 Å². The van der Waals surface area contributed by atoms with Crippen LogP contribution in [0, 0.1) is 11.2 Å². The van der Waals surface area contributed by atoms with E-state index in [-0.39, 0.29) is 23.4 Å². The van der Waals surface area contributed by atoms with Gasteiger partial charge >= 0.3 is 0 Å². The highest BCUT2D eigenvalue weighted by molar-refractivity contribution is 6.32. The highest BCUT2D eigenvalue weighted by Crippen LogP contribution is 2.54. The zero-order chi connectivity index (χ0) is 12.8. The van der Waals surface area contributed by atoms with Crippen LogP contribution in [-0.4, -0.2) is 17.3 Å². The summed E-state index contributed by atoms with van der Waals surface area (Å²) in [6, 6.07) is 4.16. The molecule has 0 bridgehead atoms. The van der Waals surface area contributed by atoms with E-state index in [1.54, 1.807) is 6.07 Å². The second-order valence-electron chi connectivity index (χ2n) is 5.37. The predicted molar refractivity (Wildman–Crippen MR) is 67.4 cm³/mol. The van der Waals surface area contributed by atoms with Crippen molar-refractivity contribution < 1.29 is 14.2 Å². The van der Waals surface area contributed by atoms with Crippen LogP contribution in [0.15, 0.2) is 18.2 Å². The minimum Gasteiger partial charge on any atom is -0.488 e. The first-order valence-corrected chi connectivity index (χ1v) is 6.79. The Bertz CT molecular complexity index is 457. The number of hydrogen-bond acceptors (Lipinski definition) is 2. The second kappa shape index (κ2) is 4.39. The Morgan fingerprint density at radius 3 is 2.67 bits per heavy atom. The van der Waals surface area contributed by atoms with Gasteiger partial charge in [-0.1, -0.05) is 24.4 Å². The topological polar surface area (TPSA) is 29.5 Å². The van der Waals surface area contributed by atoms with Gasteiger partial charge in [0.2, 0.25) is 0 Å². The Hall–Kier alpha value is -0.800. The van der Waals surface area contributed by atoms with E-state index in [4.69, 9.17) is 16.3 Å². The van der Waals surface area contributed by atoms with Crippen LogP contribution in [0.5, 0.6) is 5.75 Å². The quantitative estimate of drug-likeness (QED) is 0.891. The summed E-state index contributed by atoms with van der Waals surface area (Å²) in [5.41, 5.74) is -0.0856. The molecule has 18 heavy (non-hydrogen) atoms. The molecule has 2 aliphatic rings. The van der Waals surface area contributed by atoms with Crippen molar-refractivity contribution in [1.82, 2.24) is 0 Å². The number of aliphatic hydroxyl groups excluding tert-OH is 1. The first-order valence-electron chi connectivity index (χ1n) is 6.41. The Morgan fingerprint density at radius 2 is 2.06 bits per heavy atom. The minimum atomic E-state index is -0.364. The molecule has 0 aliphatic heterocycles. The van der Waals surface area contributed by atoms with Gasteiger partial charge in [-0.2, -0.15) is 0 Å². The number of hydrogen-bond donors (Lipinski definition) is 1. The van der Waals surface area contributed by atoms with Gasteiger partial charge in [-0.15, -0.1) is 0 Å². The smallest absolute Gasteiger partial charge is 0.138 e. The molecule has 1 aromatic rings. The average Bonchev–Trinajstić information content (AvgIpc) is 2.83. The lowest BCUT2D eigenvalue weighted by atomic mass is 9.62. The maximum absolute atomic E-state index is 13.0. The van der Waals surface area contributed by atoms with Gasteiger partial charge in [-0.3, -0.25) is 0 Å². The fourth-order valence-corrected chi connectivity index (χ4v) is 3.52. The van der Waals surface area contributed by atoms with Crippen LogP contribution < -0.4 is 4.74 Å². The maximum atomic E-state index is 13.0. The molecule has 0 radical (unpaired) electrons. The molecule has 1 spiro atoms. The highest BCUT2D eigenvalue weighted by Gasteiger charge is 2.57. The fraction of sp³-hybridized carbons (Fsp3) is 0.571. The Kier molecular flexibility index (Phi) is 2.99. The third kappa shape index (κ3) is 1.81. The summed E-state index contributed by atoms with van der Waals surface area (Å²) in [7, 11) is 0. The van der Waals surface area contributed by atoms with Crippen LogP contribution in [0.1, 0.15) is 32.1 Å². The van der Waals surface area contributed by atoms with Gasteiger partial charge < -0.3 is 9.84 Å². The summed E-state index contributed by atoms with van der Waals surface area (Å²) in [4.78, 5) is 0. The van der Waals surface area contributed by atoms with Crippen molar-refractivity contribution in [1.29, 1.82) is 0 Å². The van der Waals surface area contributed by atoms with E-state index in [1.165, 1.54) is 12.1 Å². The predicted octanol–water partition coefficient (Wildman–Crippen LogP) is 3.55. The molecule has 2 nitrogen and oxygen atoms in total. The molecule has 0 aromatic heterocycles. The lowest BCUT2D eigenvalue weighted by molar-refractivity contribution is -0.151. The molecule has 4 heteroatoms. The molecule has 0 amide bonds. The van der Waals surface area contributed by atoms with Crippen LogP contribution in [0.25, 0.3) is 0 Å². The van der Waals surface area contributed by atoms with Crippen LogP contribution >= 0.6 is 11.6 Å². The summed E-state index contributed by atoms with van der Waals surface area (Å²) in [5, 5.41) is 10.3. The Balaban J connectivity index is 1.77. The minimum absolute atomic E-state index is 0.0120. The standard InChI is InChI=1S/C14H16ClFO2/c15-10-7-9(16)3-4-11(10)18-13-8-12(17)14(13)5-1-2-6-14/h3-4,7,12-13,17H,1-2,5-6,8H2. The number of aliphatic hydroxyl groups is 1. The lowest BCUT2D eigenvalue weighted by Gasteiger charge is -2.51. The molecular weight excluding hydrogens is 255 g/mol. The van der Waals surface area contributed by atoms with Crippen molar-refractivity contribution in [2.24, 2.45) is 5.41 Å². The number of halogens is 2. The van der Waals surface area contributed by atoms with E-state index in [1.807, 2.05) is 0 Å². The molecule has 2 fully saturated rings. The third-order valence-electron chi connectivity index (χ3n) is 4.44. The molecule has 0 heterocycles. The van der Waals surface area contributed by atoms with Gasteiger partial charge in [-0.25, -0.2) is 4.39 Å². The van der Waals surface area contributed by atoms with Gasteiger partial charge in [-0.05, 0) is 31.0 Å². The second-order valence-corrected chi connectivity index (χ2v) is 5.78. The van der Waals surface area contributed by atoms with Gasteiger partial charge in [0, 0.05) is 11.8 Å². The van der Waals surface area contributed by atoms with Crippen molar-refractivity contribution in [2.75, 3.05) is 0 Å². The molecule has 2 aliphatic carbocycles. The normalized spacial score (nSPS) is 29.3. The monoisotopic (exact) mass is 270 g/mol. The average molecular weight is 271 g/mol. The Morgan fingerprint density at radius 1 is 1.33 bits per heavy atom. The van der Waals surface area contributed by atoms with Crippen molar-refractivity contribution >= 4 is 11.6 Å². The van der Waals surface area contributed by atoms with E-state index < -0.39 is 0 Å². The van der Waals surface area contributed by atoms with Crippen molar-refractivity contribution in [3.05, 3.63) is 29.0 Å². The zero-order valence-electron chi connectivity index (χ0n) is 10.0. The van der Waals surface area contributed by atoms with Crippen LogP contribution in [0.3, 0.4) is 0 Å². The largest absolute Gasteiger partial charge is 0.488 e. The number of benzene rings is 1. The van der Waals surface area contributed by atoms with Gasteiger partial charge in [0.25, 0.3) is 0 Å². The van der Waals surface area contributed by atoms with E-state index in [2.05, 4.69) is 0 Å². The zero-order valence-corrected chi connectivity index (χ0v) is 10.8. The van der Waals surface area contributed by atoms with E-state index in [0.29, 0.717) is 17.2 Å². The summed E-state index contributed by atoms with van der Waals surface area (Å²) in [5.74, 6) is 0.151. The van der Waals surface area contributed by atoms with Gasteiger partial charge in [0.1, 0.15) is 17.7 Å². The first-order chi connectivity index (χ1) is 8.62. The Labute approximate surface area is 111 Å². The third-order valence-corrected chi connectivity index (χ3v) is 4.74. The molecule has 1 N–H and O–H groups in total.